The Kier molecular flexibility index (Phi) is 6.58. The Hall–Kier alpha value is -4.37. The molecular formula is C26H26N8O. The van der Waals surface area contributed by atoms with E-state index in [-0.39, 0.29) is 5.91 Å². The quantitative estimate of drug-likeness (QED) is 0.444. The molecule has 2 N–H and O–H groups in total. The lowest BCUT2D eigenvalue weighted by molar-refractivity contribution is 0.102. The van der Waals surface area contributed by atoms with Gasteiger partial charge in [0, 0.05) is 49.2 Å². The number of carbonyl (C=O) groups excluding carboxylic acids is 1. The summed E-state index contributed by atoms with van der Waals surface area (Å²) < 4.78 is 0. The van der Waals surface area contributed by atoms with Crippen molar-refractivity contribution in [2.75, 3.05) is 48.8 Å². The monoisotopic (exact) mass is 466 g/mol. The summed E-state index contributed by atoms with van der Waals surface area (Å²) in [5, 5.41) is 6.06. The number of piperazine rings is 1. The van der Waals surface area contributed by atoms with Crippen molar-refractivity contribution in [3.8, 4) is 11.4 Å². The first-order valence-corrected chi connectivity index (χ1v) is 11.5. The Labute approximate surface area is 203 Å². The van der Waals surface area contributed by atoms with Crippen LogP contribution in [0.4, 0.5) is 23.4 Å². The van der Waals surface area contributed by atoms with Gasteiger partial charge in [-0.25, -0.2) is 4.98 Å². The van der Waals surface area contributed by atoms with E-state index in [2.05, 4.69) is 42.4 Å². The summed E-state index contributed by atoms with van der Waals surface area (Å²) in [6.07, 6.45) is 1.59. The molecule has 0 unspecified atom stereocenters. The number of nitrogens with one attached hydrogen (secondary N) is 2. The molecule has 9 nitrogen and oxygen atoms in total. The van der Waals surface area contributed by atoms with Crippen LogP contribution >= 0.6 is 0 Å². The van der Waals surface area contributed by atoms with Gasteiger partial charge in [-0.05, 0) is 31.3 Å². The molecule has 2 aromatic heterocycles. The van der Waals surface area contributed by atoms with Crippen LogP contribution < -0.4 is 15.5 Å². The van der Waals surface area contributed by atoms with Gasteiger partial charge < -0.3 is 20.4 Å². The maximum Gasteiger partial charge on any atom is 0.255 e. The van der Waals surface area contributed by atoms with Gasteiger partial charge in [0.25, 0.3) is 5.91 Å². The summed E-state index contributed by atoms with van der Waals surface area (Å²) in [4.78, 5) is 35.6. The van der Waals surface area contributed by atoms with Crippen molar-refractivity contribution >= 4 is 29.3 Å². The lowest BCUT2D eigenvalue weighted by Crippen LogP contribution is -2.45. The van der Waals surface area contributed by atoms with Gasteiger partial charge in [-0.15, -0.1) is 0 Å². The van der Waals surface area contributed by atoms with E-state index in [0.29, 0.717) is 29.1 Å². The first kappa shape index (κ1) is 22.4. The average Bonchev–Trinajstić information content (AvgIpc) is 2.90. The number of aromatic nitrogens is 4. The molecule has 4 aromatic rings. The second-order valence-corrected chi connectivity index (χ2v) is 8.31. The number of anilines is 4. The normalized spacial score (nSPS) is 13.9. The molecular weight excluding hydrogens is 440 g/mol. The van der Waals surface area contributed by atoms with Crippen LogP contribution in [-0.4, -0.2) is 64.0 Å². The number of nitrogens with zero attached hydrogens (tertiary/aromatic N) is 6. The van der Waals surface area contributed by atoms with Crippen LogP contribution in [0, 0.1) is 0 Å². The lowest BCUT2D eigenvalue weighted by Gasteiger charge is -2.32. The molecule has 1 saturated heterocycles. The molecule has 35 heavy (non-hydrogen) atoms. The minimum absolute atomic E-state index is 0.222. The third-order valence-electron chi connectivity index (χ3n) is 5.74. The Bertz CT molecular complexity index is 1290. The maximum atomic E-state index is 12.7. The van der Waals surface area contributed by atoms with Gasteiger partial charge in [-0.2, -0.15) is 15.0 Å². The highest BCUT2D eigenvalue weighted by Gasteiger charge is 2.19. The number of hydrogen-bond donors (Lipinski definition) is 2. The molecule has 1 amide bonds. The summed E-state index contributed by atoms with van der Waals surface area (Å²) in [5.74, 6) is 1.82. The van der Waals surface area contributed by atoms with Crippen molar-refractivity contribution in [1.82, 2.24) is 24.8 Å². The second kappa shape index (κ2) is 10.3. The van der Waals surface area contributed by atoms with Gasteiger partial charge in [0.2, 0.25) is 11.9 Å². The summed E-state index contributed by atoms with van der Waals surface area (Å²) in [6, 6.07) is 22.5. The van der Waals surface area contributed by atoms with E-state index < -0.39 is 0 Å². The second-order valence-electron chi connectivity index (χ2n) is 8.31. The van der Waals surface area contributed by atoms with Crippen LogP contribution in [-0.2, 0) is 0 Å². The zero-order chi connectivity index (χ0) is 24.0. The van der Waals surface area contributed by atoms with Gasteiger partial charge in [0.15, 0.2) is 5.82 Å². The number of para-hydroxylation sites is 1. The molecule has 2 aromatic carbocycles. The minimum Gasteiger partial charge on any atom is -0.338 e. The number of likely N-dealkylation sites (N-methyl/N-ethyl adjacent to an activating group) is 1. The van der Waals surface area contributed by atoms with Gasteiger partial charge in [0.05, 0.1) is 0 Å². The molecule has 0 radical (unpaired) electrons. The fourth-order valence-electron chi connectivity index (χ4n) is 3.76. The largest absolute Gasteiger partial charge is 0.338 e. The van der Waals surface area contributed by atoms with E-state index in [9.17, 15) is 4.79 Å². The molecule has 1 aliphatic heterocycles. The number of amides is 1. The Morgan fingerprint density at radius 3 is 2.31 bits per heavy atom. The van der Waals surface area contributed by atoms with Crippen LogP contribution in [0.5, 0.6) is 0 Å². The van der Waals surface area contributed by atoms with Crippen LogP contribution in [0.15, 0.2) is 79.0 Å². The van der Waals surface area contributed by atoms with Crippen LogP contribution in [0.3, 0.4) is 0 Å². The minimum atomic E-state index is -0.222. The maximum absolute atomic E-state index is 12.7. The average molecular weight is 467 g/mol. The number of carbonyl (C=O) groups is 1. The zero-order valence-electron chi connectivity index (χ0n) is 19.4. The van der Waals surface area contributed by atoms with E-state index in [1.54, 1.807) is 18.3 Å². The molecule has 0 aliphatic carbocycles. The highest BCUT2D eigenvalue weighted by molar-refractivity contribution is 6.04. The molecule has 0 spiro atoms. The van der Waals surface area contributed by atoms with Crippen LogP contribution in [0.25, 0.3) is 11.4 Å². The fourth-order valence-corrected chi connectivity index (χ4v) is 3.76. The first-order chi connectivity index (χ1) is 17.1. The van der Waals surface area contributed by atoms with Crippen molar-refractivity contribution in [2.24, 2.45) is 0 Å². The van der Waals surface area contributed by atoms with Crippen LogP contribution in [0.2, 0.25) is 0 Å². The third kappa shape index (κ3) is 5.59. The van der Waals surface area contributed by atoms with E-state index in [0.717, 1.165) is 37.4 Å². The third-order valence-corrected chi connectivity index (χ3v) is 5.74. The van der Waals surface area contributed by atoms with Crippen molar-refractivity contribution in [2.45, 2.75) is 0 Å². The summed E-state index contributed by atoms with van der Waals surface area (Å²) in [5.41, 5.74) is 2.10. The van der Waals surface area contributed by atoms with Gasteiger partial charge in [0.1, 0.15) is 5.82 Å². The van der Waals surface area contributed by atoms with Crippen molar-refractivity contribution < 1.29 is 4.79 Å². The van der Waals surface area contributed by atoms with Gasteiger partial charge in [-0.3, -0.25) is 4.79 Å². The fraction of sp³-hybridized carbons (Fsp3) is 0.192. The Balaban J connectivity index is 1.41. The topological polar surface area (TPSA) is 99.2 Å². The number of pyridine rings is 1. The lowest BCUT2D eigenvalue weighted by atomic mass is 10.2. The summed E-state index contributed by atoms with van der Waals surface area (Å²) in [7, 11) is 2.11. The van der Waals surface area contributed by atoms with E-state index >= 15 is 0 Å². The predicted molar refractivity (Wildman–Crippen MR) is 137 cm³/mol. The highest BCUT2D eigenvalue weighted by atomic mass is 16.1. The van der Waals surface area contributed by atoms with Gasteiger partial charge >= 0.3 is 0 Å². The van der Waals surface area contributed by atoms with Crippen molar-refractivity contribution in [3.63, 3.8) is 0 Å². The Morgan fingerprint density at radius 1 is 0.857 bits per heavy atom. The molecule has 0 saturated carbocycles. The molecule has 0 atom stereocenters. The van der Waals surface area contributed by atoms with Crippen molar-refractivity contribution in [3.05, 3.63) is 84.6 Å². The highest BCUT2D eigenvalue weighted by Crippen LogP contribution is 2.22. The molecule has 1 fully saturated rings. The van der Waals surface area contributed by atoms with E-state index in [1.807, 2.05) is 60.7 Å². The molecule has 3 heterocycles. The standard InChI is InChI=1S/C26H26N8O/c1-33-14-16-34(17-15-33)26-31-23(19-8-4-2-5-9-19)30-25(32-26)29-22-18-20(12-13-27-22)24(35)28-21-10-6-3-7-11-21/h2-13,18H,14-17H2,1H3,(H,28,35)(H,27,29,30,31,32). The molecule has 0 bridgehead atoms. The molecule has 176 valence electrons. The zero-order valence-corrected chi connectivity index (χ0v) is 19.4. The predicted octanol–water partition coefficient (Wildman–Crippen LogP) is 3.68. The van der Waals surface area contributed by atoms with Gasteiger partial charge in [-0.1, -0.05) is 48.5 Å². The summed E-state index contributed by atoms with van der Waals surface area (Å²) in [6.45, 7) is 3.55. The first-order valence-electron chi connectivity index (χ1n) is 11.5. The SMILES string of the molecule is CN1CCN(c2nc(Nc3cc(C(=O)Nc4ccccc4)ccn3)nc(-c3ccccc3)n2)CC1. The summed E-state index contributed by atoms with van der Waals surface area (Å²) >= 11 is 0. The van der Waals surface area contributed by atoms with Crippen LogP contribution in [0.1, 0.15) is 10.4 Å². The molecule has 1 aliphatic rings. The number of rotatable bonds is 6. The smallest absolute Gasteiger partial charge is 0.255 e. The number of benzene rings is 2. The number of hydrogen-bond acceptors (Lipinski definition) is 8. The molecule has 5 rings (SSSR count). The van der Waals surface area contributed by atoms with Crippen molar-refractivity contribution in [1.29, 1.82) is 0 Å². The Morgan fingerprint density at radius 2 is 1.57 bits per heavy atom. The van der Waals surface area contributed by atoms with E-state index in [1.165, 1.54) is 0 Å². The van der Waals surface area contributed by atoms with E-state index in [4.69, 9.17) is 4.98 Å². The molecule has 9 heteroatoms.